The zero-order chi connectivity index (χ0) is 25.8. The van der Waals surface area contributed by atoms with E-state index in [1.807, 2.05) is 59.5 Å². The molecule has 0 aliphatic carbocycles. The van der Waals surface area contributed by atoms with Crippen molar-refractivity contribution in [2.24, 2.45) is 5.41 Å². The molecule has 1 amide bonds. The minimum absolute atomic E-state index is 0. The molecule has 2 aromatic carbocycles. The SMILES string of the molecule is COc1ccc(CN2CCC3(CCN(CC[C@H](NS(=O)(=O)C(C)C)c4ccccc4)CC3)C2=O)cc1.Cl. The summed E-state index contributed by atoms with van der Waals surface area (Å²) in [5.41, 5.74) is 1.85. The van der Waals surface area contributed by atoms with E-state index in [2.05, 4.69) is 9.62 Å². The van der Waals surface area contributed by atoms with Gasteiger partial charge in [-0.15, -0.1) is 12.4 Å². The molecule has 2 aliphatic heterocycles. The highest BCUT2D eigenvalue weighted by molar-refractivity contribution is 7.90. The van der Waals surface area contributed by atoms with Crippen LogP contribution in [0.1, 0.15) is 56.7 Å². The number of halogens is 1. The molecule has 9 heteroatoms. The monoisotopic (exact) mass is 549 g/mol. The van der Waals surface area contributed by atoms with E-state index >= 15 is 0 Å². The van der Waals surface area contributed by atoms with Gasteiger partial charge in [-0.05, 0) is 82.4 Å². The maximum atomic E-state index is 13.4. The minimum Gasteiger partial charge on any atom is -0.497 e. The molecule has 204 valence electrons. The van der Waals surface area contributed by atoms with Crippen LogP contribution in [0.25, 0.3) is 0 Å². The number of piperidine rings is 1. The molecule has 1 atom stereocenters. The summed E-state index contributed by atoms with van der Waals surface area (Å²) in [5.74, 6) is 1.10. The Labute approximate surface area is 228 Å². The fourth-order valence-electron chi connectivity index (χ4n) is 5.29. The van der Waals surface area contributed by atoms with Crippen LogP contribution in [0.3, 0.4) is 0 Å². The Morgan fingerprint density at radius 1 is 0.973 bits per heavy atom. The standard InChI is InChI=1S/C28H39N3O4S.ClH/c1-22(2)36(33,34)29-26(24-7-5-4-6-8-24)13-17-30-18-14-28(15-19-30)16-20-31(27(28)32)21-23-9-11-25(35-3)12-10-23;/h4-12,22,26,29H,13-21H2,1-3H3;1H/t26-;/m0./s1. The molecule has 4 rings (SSSR count). The van der Waals surface area contributed by atoms with Gasteiger partial charge >= 0.3 is 0 Å². The number of carbonyl (C=O) groups is 1. The van der Waals surface area contributed by atoms with Crippen LogP contribution in [0, 0.1) is 5.41 Å². The molecule has 0 aromatic heterocycles. The normalized spacial score (nSPS) is 18.7. The number of benzene rings is 2. The van der Waals surface area contributed by atoms with Gasteiger partial charge in [0.2, 0.25) is 15.9 Å². The van der Waals surface area contributed by atoms with Gasteiger partial charge in [-0.25, -0.2) is 13.1 Å². The first-order valence-corrected chi connectivity index (χ1v) is 14.5. The second-order valence-electron chi connectivity index (χ2n) is 10.4. The molecule has 7 nitrogen and oxygen atoms in total. The first-order valence-electron chi connectivity index (χ1n) is 12.9. The molecule has 0 radical (unpaired) electrons. The molecule has 37 heavy (non-hydrogen) atoms. The number of likely N-dealkylation sites (tertiary alicyclic amines) is 2. The first-order chi connectivity index (χ1) is 17.2. The van der Waals surface area contributed by atoms with E-state index in [1.54, 1.807) is 21.0 Å². The van der Waals surface area contributed by atoms with E-state index in [0.29, 0.717) is 13.0 Å². The summed E-state index contributed by atoms with van der Waals surface area (Å²) in [6.45, 7) is 7.36. The number of nitrogens with zero attached hydrogens (tertiary/aromatic N) is 2. The number of sulfonamides is 1. The van der Waals surface area contributed by atoms with Crippen LogP contribution in [-0.4, -0.2) is 62.7 Å². The molecule has 0 unspecified atom stereocenters. The highest BCUT2D eigenvalue weighted by Crippen LogP contribution is 2.42. The number of carbonyl (C=O) groups excluding carboxylic acids is 1. The molecule has 0 saturated carbocycles. The number of nitrogens with one attached hydrogen (secondary N) is 1. The molecule has 2 saturated heterocycles. The summed E-state index contributed by atoms with van der Waals surface area (Å²) in [7, 11) is -1.73. The minimum atomic E-state index is -3.39. The van der Waals surface area contributed by atoms with Crippen molar-refractivity contribution in [3.8, 4) is 5.75 Å². The van der Waals surface area contributed by atoms with Crippen LogP contribution in [0.5, 0.6) is 5.75 Å². The zero-order valence-corrected chi connectivity index (χ0v) is 23.7. The average molecular weight is 550 g/mol. The van der Waals surface area contributed by atoms with Gasteiger partial charge in [0.25, 0.3) is 0 Å². The zero-order valence-electron chi connectivity index (χ0n) is 22.1. The third-order valence-corrected chi connectivity index (χ3v) is 9.66. The fourth-order valence-corrected chi connectivity index (χ4v) is 6.21. The quantitative estimate of drug-likeness (QED) is 0.475. The van der Waals surface area contributed by atoms with Gasteiger partial charge < -0.3 is 14.5 Å². The van der Waals surface area contributed by atoms with Crippen molar-refractivity contribution in [2.45, 2.75) is 57.4 Å². The van der Waals surface area contributed by atoms with Crippen LogP contribution < -0.4 is 9.46 Å². The van der Waals surface area contributed by atoms with Crippen molar-refractivity contribution in [1.29, 1.82) is 0 Å². The Bertz CT molecular complexity index is 1120. The molecule has 2 heterocycles. The lowest BCUT2D eigenvalue weighted by atomic mass is 9.77. The van der Waals surface area contributed by atoms with E-state index < -0.39 is 15.3 Å². The van der Waals surface area contributed by atoms with Crippen molar-refractivity contribution < 1.29 is 17.9 Å². The molecule has 0 bridgehead atoms. The van der Waals surface area contributed by atoms with E-state index in [9.17, 15) is 13.2 Å². The van der Waals surface area contributed by atoms with E-state index in [0.717, 1.165) is 62.3 Å². The largest absolute Gasteiger partial charge is 0.497 e. The highest BCUT2D eigenvalue weighted by atomic mass is 35.5. The predicted molar refractivity (Wildman–Crippen MR) is 149 cm³/mol. The number of ether oxygens (including phenoxy) is 1. The third kappa shape index (κ3) is 7.05. The van der Waals surface area contributed by atoms with Gasteiger partial charge in [-0.1, -0.05) is 42.5 Å². The summed E-state index contributed by atoms with van der Waals surface area (Å²) in [6, 6.07) is 17.5. The van der Waals surface area contributed by atoms with Crippen molar-refractivity contribution in [2.75, 3.05) is 33.3 Å². The smallest absolute Gasteiger partial charge is 0.229 e. The van der Waals surface area contributed by atoms with Crippen LogP contribution in [0.4, 0.5) is 0 Å². The number of hydrogen-bond donors (Lipinski definition) is 1. The molecule has 1 spiro atoms. The second-order valence-corrected chi connectivity index (χ2v) is 12.7. The summed E-state index contributed by atoms with van der Waals surface area (Å²) in [5, 5.41) is -0.479. The Morgan fingerprint density at radius 3 is 2.19 bits per heavy atom. The highest BCUT2D eigenvalue weighted by Gasteiger charge is 2.47. The first kappa shape index (κ1) is 29.4. The van der Waals surface area contributed by atoms with Crippen LogP contribution in [0.15, 0.2) is 54.6 Å². The Morgan fingerprint density at radius 2 is 1.59 bits per heavy atom. The van der Waals surface area contributed by atoms with Crippen LogP contribution >= 0.6 is 12.4 Å². The fraction of sp³-hybridized carbons (Fsp3) is 0.536. The molecule has 2 fully saturated rings. The van der Waals surface area contributed by atoms with Crippen molar-refractivity contribution in [3.63, 3.8) is 0 Å². The Hall–Kier alpha value is -2.13. The maximum Gasteiger partial charge on any atom is 0.229 e. The number of methoxy groups -OCH3 is 1. The second kappa shape index (κ2) is 12.6. The summed E-state index contributed by atoms with van der Waals surface area (Å²) >= 11 is 0. The molecule has 2 aromatic rings. The lowest BCUT2D eigenvalue weighted by Crippen LogP contribution is -2.45. The van der Waals surface area contributed by atoms with E-state index in [-0.39, 0.29) is 29.8 Å². The van der Waals surface area contributed by atoms with Crippen molar-refractivity contribution in [1.82, 2.24) is 14.5 Å². The van der Waals surface area contributed by atoms with Crippen molar-refractivity contribution in [3.05, 3.63) is 65.7 Å². The van der Waals surface area contributed by atoms with Crippen molar-refractivity contribution >= 4 is 28.3 Å². The van der Waals surface area contributed by atoms with Gasteiger partial charge in [0.15, 0.2) is 0 Å². The molecular formula is C28H40ClN3O4S. The number of hydrogen-bond acceptors (Lipinski definition) is 5. The summed E-state index contributed by atoms with van der Waals surface area (Å²) < 4.78 is 33.3. The molecular weight excluding hydrogens is 510 g/mol. The lowest BCUT2D eigenvalue weighted by molar-refractivity contribution is -0.138. The lowest BCUT2D eigenvalue weighted by Gasteiger charge is -2.38. The van der Waals surface area contributed by atoms with E-state index in [1.165, 1.54) is 0 Å². The van der Waals surface area contributed by atoms with E-state index in [4.69, 9.17) is 4.74 Å². The molecule has 1 N–H and O–H groups in total. The molecule has 2 aliphatic rings. The van der Waals surface area contributed by atoms with Gasteiger partial charge in [-0.2, -0.15) is 0 Å². The van der Waals surface area contributed by atoms with Gasteiger partial charge in [-0.3, -0.25) is 4.79 Å². The average Bonchev–Trinajstić information content (AvgIpc) is 3.18. The van der Waals surface area contributed by atoms with Crippen LogP contribution in [-0.2, 0) is 21.4 Å². The Kier molecular flexibility index (Phi) is 10.0. The van der Waals surface area contributed by atoms with Gasteiger partial charge in [0.05, 0.1) is 17.8 Å². The topological polar surface area (TPSA) is 79.0 Å². The third-order valence-electron chi connectivity index (χ3n) is 7.81. The van der Waals surface area contributed by atoms with Gasteiger partial charge in [0.1, 0.15) is 5.75 Å². The van der Waals surface area contributed by atoms with Gasteiger partial charge in [0, 0.05) is 19.1 Å². The Balaban J connectivity index is 0.00000380. The number of rotatable bonds is 10. The summed E-state index contributed by atoms with van der Waals surface area (Å²) in [4.78, 5) is 17.8. The maximum absolute atomic E-state index is 13.4. The predicted octanol–water partition coefficient (Wildman–Crippen LogP) is 4.39. The van der Waals surface area contributed by atoms with Crippen LogP contribution in [0.2, 0.25) is 0 Å². The summed E-state index contributed by atoms with van der Waals surface area (Å²) in [6.07, 6.45) is 3.33. The number of amides is 1.